The molecule has 0 unspecified atom stereocenters. The van der Waals surface area contributed by atoms with Crippen LogP contribution >= 0.6 is 50.5 Å². The lowest BCUT2D eigenvalue weighted by molar-refractivity contribution is 0.0702. The van der Waals surface area contributed by atoms with E-state index in [0.29, 0.717) is 20.3 Å². The average Bonchev–Trinajstić information content (AvgIpc) is 2.81. The van der Waals surface area contributed by atoms with Crippen LogP contribution in [0.2, 0.25) is 10.0 Å². The van der Waals surface area contributed by atoms with E-state index >= 15 is 0 Å². The molecule has 1 heterocycles. The highest BCUT2D eigenvalue weighted by Gasteiger charge is 2.10. The molecule has 0 atom stereocenters. The van der Waals surface area contributed by atoms with Crippen LogP contribution < -0.4 is 4.74 Å². The van der Waals surface area contributed by atoms with Crippen LogP contribution in [0.15, 0.2) is 28.7 Å². The van der Waals surface area contributed by atoms with Crippen LogP contribution in [-0.4, -0.2) is 11.1 Å². The summed E-state index contributed by atoms with van der Waals surface area (Å²) in [6.45, 7) is 0.246. The van der Waals surface area contributed by atoms with Gasteiger partial charge in [0.25, 0.3) is 0 Å². The van der Waals surface area contributed by atoms with Gasteiger partial charge in [0.15, 0.2) is 0 Å². The Morgan fingerprint density at radius 1 is 1.32 bits per heavy atom. The van der Waals surface area contributed by atoms with Gasteiger partial charge in [-0.3, -0.25) is 0 Å². The van der Waals surface area contributed by atoms with Gasteiger partial charge >= 0.3 is 5.97 Å². The van der Waals surface area contributed by atoms with Gasteiger partial charge in [-0.2, -0.15) is 0 Å². The fraction of sp³-hybridized carbons (Fsp3) is 0.0833. The van der Waals surface area contributed by atoms with Crippen molar-refractivity contribution in [1.29, 1.82) is 0 Å². The minimum Gasteiger partial charge on any atom is -0.486 e. The van der Waals surface area contributed by atoms with Crippen LogP contribution in [0.1, 0.15) is 14.5 Å². The molecule has 19 heavy (non-hydrogen) atoms. The van der Waals surface area contributed by atoms with Gasteiger partial charge in [0.1, 0.15) is 17.2 Å². The quantitative estimate of drug-likeness (QED) is 0.749. The van der Waals surface area contributed by atoms with E-state index < -0.39 is 5.97 Å². The zero-order valence-electron chi connectivity index (χ0n) is 9.32. The number of halogens is 3. The number of hydrogen-bond acceptors (Lipinski definition) is 3. The zero-order chi connectivity index (χ0) is 14.0. The van der Waals surface area contributed by atoms with Crippen LogP contribution in [0.5, 0.6) is 5.75 Å². The summed E-state index contributed by atoms with van der Waals surface area (Å²) in [5.74, 6) is -0.485. The Morgan fingerprint density at radius 2 is 2.05 bits per heavy atom. The lowest BCUT2D eigenvalue weighted by Crippen LogP contribution is -1.94. The van der Waals surface area contributed by atoms with Gasteiger partial charge < -0.3 is 9.84 Å². The van der Waals surface area contributed by atoms with Gasteiger partial charge in [-0.25, -0.2) is 4.79 Å². The average molecular weight is 382 g/mol. The van der Waals surface area contributed by atoms with Gasteiger partial charge in [-0.1, -0.05) is 23.2 Å². The summed E-state index contributed by atoms with van der Waals surface area (Å²) < 4.78 is 6.22. The third kappa shape index (κ3) is 3.63. The molecule has 100 valence electrons. The Hall–Kier alpha value is -0.750. The minimum atomic E-state index is -0.944. The first kappa shape index (κ1) is 14.7. The number of carboxylic acids is 1. The second-order valence-electron chi connectivity index (χ2n) is 3.56. The third-order valence-corrected chi connectivity index (χ3v) is 4.76. The van der Waals surface area contributed by atoms with Crippen LogP contribution in [-0.2, 0) is 6.61 Å². The largest absolute Gasteiger partial charge is 0.486 e. The molecule has 0 aliphatic heterocycles. The van der Waals surface area contributed by atoms with Crippen molar-refractivity contribution in [1.82, 2.24) is 0 Å². The minimum absolute atomic E-state index is 0.246. The maximum atomic E-state index is 10.8. The summed E-state index contributed by atoms with van der Waals surface area (Å²) >= 11 is 16.4. The first-order chi connectivity index (χ1) is 8.97. The predicted molar refractivity (Wildman–Crippen MR) is 79.8 cm³/mol. The van der Waals surface area contributed by atoms with Crippen molar-refractivity contribution >= 4 is 56.4 Å². The molecule has 1 aromatic carbocycles. The molecule has 0 saturated heterocycles. The van der Waals surface area contributed by atoms with Crippen molar-refractivity contribution in [2.45, 2.75) is 6.61 Å². The molecule has 0 spiro atoms. The second kappa shape index (κ2) is 6.13. The lowest BCUT2D eigenvalue weighted by atomic mass is 10.3. The molecule has 1 N–H and O–H groups in total. The maximum Gasteiger partial charge on any atom is 0.345 e. The maximum absolute atomic E-state index is 10.8. The molecular formula is C12H7BrCl2O3S. The number of thiophene rings is 1. The molecule has 0 aliphatic rings. The van der Waals surface area contributed by atoms with Crippen LogP contribution in [0.3, 0.4) is 0 Å². The smallest absolute Gasteiger partial charge is 0.345 e. The number of carbonyl (C=O) groups is 1. The summed E-state index contributed by atoms with van der Waals surface area (Å²) in [6, 6.07) is 6.51. The van der Waals surface area contributed by atoms with E-state index in [0.717, 1.165) is 16.2 Å². The van der Waals surface area contributed by atoms with E-state index in [1.54, 1.807) is 24.3 Å². The molecule has 2 aromatic rings. The van der Waals surface area contributed by atoms with Crippen molar-refractivity contribution in [3.05, 3.63) is 48.5 Å². The van der Waals surface area contributed by atoms with Crippen molar-refractivity contribution in [2.75, 3.05) is 0 Å². The molecule has 0 radical (unpaired) electrons. The molecule has 2 rings (SSSR count). The van der Waals surface area contributed by atoms with E-state index in [4.69, 9.17) is 33.0 Å². The molecule has 3 nitrogen and oxygen atoms in total. The SMILES string of the molecule is O=C(O)c1ccc(COc2cc(Cl)c(Br)cc2Cl)s1. The summed E-state index contributed by atoms with van der Waals surface area (Å²) in [6.07, 6.45) is 0. The Bertz CT molecular complexity index is 627. The number of carboxylic acid groups (broad SMARTS) is 1. The Balaban J connectivity index is 2.09. The lowest BCUT2D eigenvalue weighted by Gasteiger charge is -2.08. The summed E-state index contributed by atoms with van der Waals surface area (Å²) in [4.78, 5) is 11.8. The van der Waals surface area contributed by atoms with Crippen molar-refractivity contribution < 1.29 is 14.6 Å². The normalized spacial score (nSPS) is 10.5. The molecule has 0 bridgehead atoms. The van der Waals surface area contributed by atoms with E-state index in [9.17, 15) is 4.79 Å². The van der Waals surface area contributed by atoms with E-state index in [1.807, 2.05) is 0 Å². The van der Waals surface area contributed by atoms with Gasteiger partial charge in [0.2, 0.25) is 0 Å². The van der Waals surface area contributed by atoms with Crippen LogP contribution in [0, 0.1) is 0 Å². The molecule has 0 saturated carbocycles. The Kier molecular flexibility index (Phi) is 4.73. The third-order valence-electron chi connectivity index (χ3n) is 2.22. The first-order valence-electron chi connectivity index (χ1n) is 5.06. The molecule has 0 fully saturated rings. The topological polar surface area (TPSA) is 46.5 Å². The number of hydrogen-bond donors (Lipinski definition) is 1. The Morgan fingerprint density at radius 3 is 2.68 bits per heavy atom. The Labute approximate surface area is 131 Å². The van der Waals surface area contributed by atoms with Crippen molar-refractivity contribution in [2.24, 2.45) is 0 Å². The van der Waals surface area contributed by atoms with Gasteiger partial charge in [-0.15, -0.1) is 11.3 Å². The fourth-order valence-corrected chi connectivity index (χ4v) is 2.94. The molecular weight excluding hydrogens is 375 g/mol. The van der Waals surface area contributed by atoms with E-state index in [1.165, 1.54) is 0 Å². The van der Waals surface area contributed by atoms with Gasteiger partial charge in [0, 0.05) is 15.4 Å². The number of rotatable bonds is 4. The molecule has 1 aromatic heterocycles. The van der Waals surface area contributed by atoms with Crippen LogP contribution in [0.4, 0.5) is 0 Å². The molecule has 0 aliphatic carbocycles. The highest BCUT2D eigenvalue weighted by Crippen LogP contribution is 2.34. The summed E-state index contributed by atoms with van der Waals surface area (Å²) in [5, 5.41) is 9.75. The van der Waals surface area contributed by atoms with Gasteiger partial charge in [0.05, 0.1) is 10.0 Å². The monoisotopic (exact) mass is 380 g/mol. The number of benzene rings is 1. The summed E-state index contributed by atoms with van der Waals surface area (Å²) in [5.41, 5.74) is 0. The second-order valence-corrected chi connectivity index (χ2v) is 6.39. The standard InChI is InChI=1S/C12H7BrCl2O3S/c13-7-3-9(15)10(4-8(7)14)18-5-6-1-2-11(19-6)12(16)17/h1-4H,5H2,(H,16,17). The molecule has 7 heteroatoms. The van der Waals surface area contributed by atoms with Crippen molar-refractivity contribution in [3.63, 3.8) is 0 Å². The van der Waals surface area contributed by atoms with Crippen LogP contribution in [0.25, 0.3) is 0 Å². The highest BCUT2D eigenvalue weighted by molar-refractivity contribution is 9.10. The highest BCUT2D eigenvalue weighted by atomic mass is 79.9. The predicted octanol–water partition coefficient (Wildman–Crippen LogP) is 5.09. The zero-order valence-corrected chi connectivity index (χ0v) is 13.2. The molecule has 0 amide bonds. The van der Waals surface area contributed by atoms with E-state index in [-0.39, 0.29) is 11.5 Å². The number of aromatic carboxylic acids is 1. The van der Waals surface area contributed by atoms with Gasteiger partial charge in [-0.05, 0) is 34.1 Å². The van der Waals surface area contributed by atoms with Crippen molar-refractivity contribution in [3.8, 4) is 5.75 Å². The number of ether oxygens (including phenoxy) is 1. The fourth-order valence-electron chi connectivity index (χ4n) is 1.33. The summed E-state index contributed by atoms with van der Waals surface area (Å²) in [7, 11) is 0. The first-order valence-corrected chi connectivity index (χ1v) is 7.43. The van der Waals surface area contributed by atoms with E-state index in [2.05, 4.69) is 15.9 Å².